The van der Waals surface area contributed by atoms with Crippen molar-refractivity contribution in [3.05, 3.63) is 30.3 Å². The highest BCUT2D eigenvalue weighted by Crippen LogP contribution is 2.15. The van der Waals surface area contributed by atoms with Gasteiger partial charge in [0.15, 0.2) is 0 Å². The molecule has 1 unspecified atom stereocenters. The highest BCUT2D eigenvalue weighted by Gasteiger charge is 2.19. The van der Waals surface area contributed by atoms with E-state index in [0.29, 0.717) is 12.5 Å². The summed E-state index contributed by atoms with van der Waals surface area (Å²) in [6.07, 6.45) is 0. The molecule has 1 aromatic carbocycles. The Morgan fingerprint density at radius 1 is 1.40 bits per heavy atom. The van der Waals surface area contributed by atoms with Gasteiger partial charge in [-0.05, 0) is 22.6 Å². The second-order valence-corrected chi connectivity index (χ2v) is 4.53. The Morgan fingerprint density at radius 3 is 2.75 bits per heavy atom. The first-order valence-corrected chi connectivity index (χ1v) is 6.26. The van der Waals surface area contributed by atoms with Crippen molar-refractivity contribution in [2.24, 2.45) is 5.92 Å². The van der Waals surface area contributed by atoms with Gasteiger partial charge in [-0.3, -0.25) is 4.79 Å². The number of methoxy groups -OCH3 is 1. The molecule has 0 bridgehead atoms. The zero-order valence-electron chi connectivity index (χ0n) is 11.7. The van der Waals surface area contributed by atoms with E-state index < -0.39 is 0 Å². The lowest BCUT2D eigenvalue weighted by atomic mass is 10.2. The first-order chi connectivity index (χ1) is 9.63. The first-order valence-electron chi connectivity index (χ1n) is 6.26. The van der Waals surface area contributed by atoms with Crippen LogP contribution in [-0.4, -0.2) is 46.9 Å². The smallest absolute Gasteiger partial charge is 0.310 e. The SMILES string of the molecule is COC(=O)C(C)CN(C)c1nnnn1-c1ccccc1. The Morgan fingerprint density at radius 2 is 2.10 bits per heavy atom. The zero-order valence-corrected chi connectivity index (χ0v) is 11.7. The molecule has 0 aliphatic carbocycles. The fourth-order valence-corrected chi connectivity index (χ4v) is 1.92. The van der Waals surface area contributed by atoms with Gasteiger partial charge < -0.3 is 9.64 Å². The summed E-state index contributed by atoms with van der Waals surface area (Å²) in [7, 11) is 3.22. The van der Waals surface area contributed by atoms with Crippen LogP contribution in [0.3, 0.4) is 0 Å². The quantitative estimate of drug-likeness (QED) is 0.755. The number of para-hydroxylation sites is 1. The van der Waals surface area contributed by atoms with E-state index in [1.165, 1.54) is 7.11 Å². The fraction of sp³-hybridized carbons (Fsp3) is 0.385. The molecule has 0 aliphatic heterocycles. The average molecular weight is 275 g/mol. The summed E-state index contributed by atoms with van der Waals surface area (Å²) < 4.78 is 6.35. The molecule has 2 aromatic rings. The third-order valence-corrected chi connectivity index (χ3v) is 2.95. The second kappa shape index (κ2) is 6.14. The summed E-state index contributed by atoms with van der Waals surface area (Å²) >= 11 is 0. The van der Waals surface area contributed by atoms with Crippen LogP contribution in [0, 0.1) is 5.92 Å². The number of carbonyl (C=O) groups excluding carboxylic acids is 1. The Bertz CT molecular complexity index is 569. The van der Waals surface area contributed by atoms with Gasteiger partial charge in [0.1, 0.15) is 0 Å². The van der Waals surface area contributed by atoms with Crippen LogP contribution in [0.25, 0.3) is 5.69 Å². The van der Waals surface area contributed by atoms with Crippen LogP contribution >= 0.6 is 0 Å². The largest absolute Gasteiger partial charge is 0.469 e. The predicted octanol–water partition coefficient (Wildman–Crippen LogP) is 0.908. The van der Waals surface area contributed by atoms with Gasteiger partial charge in [0, 0.05) is 13.6 Å². The van der Waals surface area contributed by atoms with Gasteiger partial charge in [0.2, 0.25) is 5.95 Å². The van der Waals surface area contributed by atoms with Crippen LogP contribution in [0.5, 0.6) is 0 Å². The second-order valence-electron chi connectivity index (χ2n) is 4.53. The predicted molar refractivity (Wildman–Crippen MR) is 73.6 cm³/mol. The van der Waals surface area contributed by atoms with Gasteiger partial charge in [-0.25, -0.2) is 0 Å². The van der Waals surface area contributed by atoms with Gasteiger partial charge in [0.25, 0.3) is 0 Å². The molecule has 20 heavy (non-hydrogen) atoms. The number of rotatable bonds is 5. The van der Waals surface area contributed by atoms with E-state index in [4.69, 9.17) is 4.74 Å². The molecule has 1 heterocycles. The molecular formula is C13H17N5O2. The molecule has 106 valence electrons. The summed E-state index contributed by atoms with van der Waals surface area (Å²) in [5.74, 6) is 0.0634. The van der Waals surface area contributed by atoms with E-state index in [9.17, 15) is 4.79 Å². The van der Waals surface area contributed by atoms with E-state index in [1.54, 1.807) is 11.6 Å². The molecule has 1 atom stereocenters. The third kappa shape index (κ3) is 2.93. The van der Waals surface area contributed by atoms with E-state index in [2.05, 4.69) is 15.5 Å². The molecule has 0 saturated carbocycles. The van der Waals surface area contributed by atoms with Crippen LogP contribution in [0.4, 0.5) is 5.95 Å². The minimum atomic E-state index is -0.258. The van der Waals surface area contributed by atoms with Crippen molar-refractivity contribution in [1.82, 2.24) is 20.2 Å². The maximum atomic E-state index is 11.5. The number of hydrogen-bond acceptors (Lipinski definition) is 6. The summed E-state index contributed by atoms with van der Waals surface area (Å²) in [6, 6.07) is 9.58. The number of tetrazole rings is 1. The number of aromatic nitrogens is 4. The van der Waals surface area contributed by atoms with Gasteiger partial charge in [-0.2, -0.15) is 4.68 Å². The number of hydrogen-bond donors (Lipinski definition) is 0. The van der Waals surface area contributed by atoms with Crippen molar-refractivity contribution in [2.75, 3.05) is 25.6 Å². The minimum Gasteiger partial charge on any atom is -0.469 e. The third-order valence-electron chi connectivity index (χ3n) is 2.95. The Labute approximate surface area is 117 Å². The molecule has 0 fully saturated rings. The molecule has 0 N–H and O–H groups in total. The number of anilines is 1. The lowest BCUT2D eigenvalue weighted by Crippen LogP contribution is -2.31. The number of carbonyl (C=O) groups is 1. The molecule has 0 saturated heterocycles. The highest BCUT2D eigenvalue weighted by atomic mass is 16.5. The summed E-state index contributed by atoms with van der Waals surface area (Å²) in [6.45, 7) is 2.28. The van der Waals surface area contributed by atoms with Crippen LogP contribution in [0.1, 0.15) is 6.92 Å². The molecule has 7 nitrogen and oxygen atoms in total. The van der Waals surface area contributed by atoms with Gasteiger partial charge in [-0.1, -0.05) is 30.2 Å². The van der Waals surface area contributed by atoms with E-state index in [-0.39, 0.29) is 11.9 Å². The van der Waals surface area contributed by atoms with Crippen molar-refractivity contribution in [2.45, 2.75) is 6.92 Å². The lowest BCUT2D eigenvalue weighted by molar-refractivity contribution is -0.144. The molecule has 0 spiro atoms. The van der Waals surface area contributed by atoms with Gasteiger partial charge >= 0.3 is 5.97 Å². The molecular weight excluding hydrogens is 258 g/mol. The Hall–Kier alpha value is -2.44. The van der Waals surface area contributed by atoms with Gasteiger partial charge in [0.05, 0.1) is 18.7 Å². The van der Waals surface area contributed by atoms with E-state index in [1.807, 2.05) is 42.3 Å². The van der Waals surface area contributed by atoms with Crippen molar-refractivity contribution in [3.63, 3.8) is 0 Å². The average Bonchev–Trinajstić information content (AvgIpc) is 2.96. The molecule has 0 radical (unpaired) electrons. The monoisotopic (exact) mass is 275 g/mol. The molecule has 0 amide bonds. The highest BCUT2D eigenvalue weighted by molar-refractivity contribution is 5.72. The molecule has 7 heteroatoms. The fourth-order valence-electron chi connectivity index (χ4n) is 1.92. The standard InChI is InChI=1S/C13H17N5O2/c1-10(12(19)20-3)9-17(2)13-14-15-16-18(13)11-7-5-4-6-8-11/h4-8,10H,9H2,1-3H3. The maximum Gasteiger partial charge on any atom is 0.310 e. The Kier molecular flexibility index (Phi) is 4.29. The van der Waals surface area contributed by atoms with Crippen LogP contribution < -0.4 is 4.90 Å². The minimum absolute atomic E-state index is 0.254. The van der Waals surface area contributed by atoms with Gasteiger partial charge in [-0.15, -0.1) is 0 Å². The van der Waals surface area contributed by atoms with Crippen molar-refractivity contribution >= 4 is 11.9 Å². The van der Waals surface area contributed by atoms with E-state index >= 15 is 0 Å². The number of esters is 1. The lowest BCUT2D eigenvalue weighted by Gasteiger charge is -2.20. The summed E-state index contributed by atoms with van der Waals surface area (Å²) in [5.41, 5.74) is 0.866. The summed E-state index contributed by atoms with van der Waals surface area (Å²) in [4.78, 5) is 13.3. The normalized spacial score (nSPS) is 11.9. The van der Waals surface area contributed by atoms with Crippen molar-refractivity contribution in [1.29, 1.82) is 0 Å². The maximum absolute atomic E-state index is 11.5. The topological polar surface area (TPSA) is 73.1 Å². The molecule has 2 rings (SSSR count). The van der Waals surface area contributed by atoms with Crippen LogP contribution in [-0.2, 0) is 9.53 Å². The number of benzene rings is 1. The Balaban J connectivity index is 2.18. The number of ether oxygens (including phenoxy) is 1. The zero-order chi connectivity index (χ0) is 14.5. The summed E-state index contributed by atoms with van der Waals surface area (Å²) in [5, 5.41) is 11.7. The van der Waals surface area contributed by atoms with Crippen molar-refractivity contribution < 1.29 is 9.53 Å². The molecule has 1 aromatic heterocycles. The van der Waals surface area contributed by atoms with E-state index in [0.717, 1.165) is 5.69 Å². The van der Waals surface area contributed by atoms with Crippen LogP contribution in [0.2, 0.25) is 0 Å². The van der Waals surface area contributed by atoms with Crippen LogP contribution in [0.15, 0.2) is 30.3 Å². The molecule has 0 aliphatic rings. The number of nitrogens with zero attached hydrogens (tertiary/aromatic N) is 5. The van der Waals surface area contributed by atoms with Crippen molar-refractivity contribution in [3.8, 4) is 5.69 Å². The first kappa shape index (κ1) is 14.0.